The molecule has 0 aliphatic carbocycles. The van der Waals surface area contributed by atoms with Crippen molar-refractivity contribution in [3.8, 4) is 11.3 Å². The Morgan fingerprint density at radius 1 is 0.943 bits per heavy atom. The lowest BCUT2D eigenvalue weighted by atomic mass is 10.1. The van der Waals surface area contributed by atoms with E-state index in [1.807, 2.05) is 42.5 Å². The number of nitrogens with one attached hydrogen (secondary N) is 1. The van der Waals surface area contributed by atoms with E-state index < -0.39 is 6.09 Å². The molecule has 0 radical (unpaired) electrons. The van der Waals surface area contributed by atoms with Gasteiger partial charge in [-0.25, -0.2) is 4.79 Å². The lowest BCUT2D eigenvalue weighted by Gasteiger charge is -2.33. The number of furan rings is 1. The molecular formula is C27H24ClN3O4. The van der Waals surface area contributed by atoms with Gasteiger partial charge in [0.25, 0.3) is 5.91 Å². The summed E-state index contributed by atoms with van der Waals surface area (Å²) in [4.78, 5) is 27.6. The summed E-state index contributed by atoms with van der Waals surface area (Å²) in [6.45, 7) is 3.15. The van der Waals surface area contributed by atoms with Crippen LogP contribution in [0.5, 0.6) is 0 Å². The zero-order valence-electron chi connectivity index (χ0n) is 18.9. The minimum absolute atomic E-state index is 0.288. The van der Waals surface area contributed by atoms with Gasteiger partial charge in [-0.2, -0.15) is 0 Å². The van der Waals surface area contributed by atoms with Gasteiger partial charge in [0, 0.05) is 43.7 Å². The van der Waals surface area contributed by atoms with Crippen LogP contribution in [-0.4, -0.2) is 53.1 Å². The Bertz CT molecular complexity index is 1390. The fourth-order valence-electron chi connectivity index (χ4n) is 4.30. The van der Waals surface area contributed by atoms with Crippen LogP contribution in [-0.2, 0) is 6.54 Å². The maximum atomic E-state index is 12.8. The first-order valence-electron chi connectivity index (χ1n) is 11.4. The normalized spacial score (nSPS) is 14.3. The third kappa shape index (κ3) is 5.01. The van der Waals surface area contributed by atoms with Gasteiger partial charge in [-0.05, 0) is 42.0 Å². The summed E-state index contributed by atoms with van der Waals surface area (Å²) in [5, 5.41) is 13.4. The molecule has 1 fully saturated rings. The first-order valence-corrected chi connectivity index (χ1v) is 11.7. The average molecular weight is 490 g/mol. The Kier molecular flexibility index (Phi) is 6.44. The number of para-hydroxylation sites is 1. The van der Waals surface area contributed by atoms with E-state index in [1.54, 1.807) is 24.3 Å². The summed E-state index contributed by atoms with van der Waals surface area (Å²) < 4.78 is 6.20. The fourth-order valence-corrected chi connectivity index (χ4v) is 4.53. The number of fused-ring (bicyclic) bond motifs is 1. The first-order chi connectivity index (χ1) is 17.0. The lowest BCUT2D eigenvalue weighted by molar-refractivity contribution is 0.102. The zero-order valence-corrected chi connectivity index (χ0v) is 19.7. The van der Waals surface area contributed by atoms with Crippen LogP contribution in [0.1, 0.15) is 15.9 Å². The maximum absolute atomic E-state index is 12.8. The minimum Gasteiger partial charge on any atom is -0.465 e. The van der Waals surface area contributed by atoms with Gasteiger partial charge in [0.2, 0.25) is 0 Å². The van der Waals surface area contributed by atoms with Gasteiger partial charge < -0.3 is 19.7 Å². The van der Waals surface area contributed by atoms with Crippen molar-refractivity contribution in [2.24, 2.45) is 0 Å². The second-order valence-corrected chi connectivity index (χ2v) is 8.92. The topological polar surface area (TPSA) is 86.0 Å². The average Bonchev–Trinajstić information content (AvgIpc) is 3.28. The lowest BCUT2D eigenvalue weighted by Crippen LogP contribution is -2.47. The Morgan fingerprint density at radius 3 is 2.46 bits per heavy atom. The molecule has 0 spiro atoms. The van der Waals surface area contributed by atoms with Crippen molar-refractivity contribution in [3.05, 3.63) is 88.9 Å². The summed E-state index contributed by atoms with van der Waals surface area (Å²) in [5.41, 5.74) is 3.67. The molecule has 0 bridgehead atoms. The van der Waals surface area contributed by atoms with E-state index in [0.717, 1.165) is 28.6 Å². The number of hydrogen-bond donors (Lipinski definition) is 2. The van der Waals surface area contributed by atoms with E-state index in [9.17, 15) is 9.59 Å². The van der Waals surface area contributed by atoms with E-state index in [-0.39, 0.29) is 5.91 Å². The van der Waals surface area contributed by atoms with Gasteiger partial charge in [-0.1, -0.05) is 48.0 Å². The van der Waals surface area contributed by atoms with Crippen LogP contribution in [0.4, 0.5) is 10.5 Å². The van der Waals surface area contributed by atoms with E-state index >= 15 is 0 Å². The number of carbonyl (C=O) groups excluding carboxylic acids is 1. The molecule has 0 unspecified atom stereocenters. The monoisotopic (exact) mass is 489 g/mol. The number of carbonyl (C=O) groups is 2. The highest BCUT2D eigenvalue weighted by Crippen LogP contribution is 2.34. The van der Waals surface area contributed by atoms with Crippen LogP contribution in [0.2, 0.25) is 5.02 Å². The highest BCUT2D eigenvalue weighted by atomic mass is 35.5. The highest BCUT2D eigenvalue weighted by Gasteiger charge is 2.21. The first kappa shape index (κ1) is 23.0. The molecule has 178 valence electrons. The summed E-state index contributed by atoms with van der Waals surface area (Å²) in [5.74, 6) is 0.367. The van der Waals surface area contributed by atoms with Crippen LogP contribution < -0.4 is 5.32 Å². The van der Waals surface area contributed by atoms with E-state index in [2.05, 4.69) is 16.3 Å². The molecular weight excluding hydrogens is 466 g/mol. The van der Waals surface area contributed by atoms with Gasteiger partial charge in [-0.3, -0.25) is 9.69 Å². The van der Waals surface area contributed by atoms with Crippen LogP contribution >= 0.6 is 11.6 Å². The molecule has 5 rings (SSSR count). The van der Waals surface area contributed by atoms with Crippen molar-refractivity contribution >= 4 is 40.3 Å². The number of nitrogens with zero attached hydrogens (tertiary/aromatic N) is 2. The number of amides is 2. The SMILES string of the molecule is O=C(Nc1ccccc1-c1cc2ccc(CN3CCN(C(=O)O)CC3)cc2o1)c1ccccc1Cl. The Balaban J connectivity index is 1.35. The molecule has 1 saturated heterocycles. The molecule has 1 aliphatic rings. The molecule has 35 heavy (non-hydrogen) atoms. The number of halogens is 1. The standard InChI is InChI=1S/C27H24ClN3O4/c28-22-7-3-1-5-20(22)26(32)29-23-8-4-2-6-21(23)25-16-19-10-9-18(15-24(19)35-25)17-30-11-13-31(14-12-30)27(33)34/h1-10,15-16H,11-14,17H2,(H,29,32)(H,33,34). The van der Waals surface area contributed by atoms with Crippen LogP contribution in [0.15, 0.2) is 77.2 Å². The van der Waals surface area contributed by atoms with Crippen molar-refractivity contribution in [3.63, 3.8) is 0 Å². The smallest absolute Gasteiger partial charge is 0.407 e. The molecule has 0 saturated carbocycles. The molecule has 0 atom stereocenters. The fraction of sp³-hybridized carbons (Fsp3) is 0.185. The van der Waals surface area contributed by atoms with E-state index in [1.165, 1.54) is 4.90 Å². The van der Waals surface area contributed by atoms with Crippen LogP contribution in [0.3, 0.4) is 0 Å². The summed E-state index contributed by atoms with van der Waals surface area (Å²) >= 11 is 6.19. The van der Waals surface area contributed by atoms with Gasteiger partial charge in [0.05, 0.1) is 16.3 Å². The number of carboxylic acid groups (broad SMARTS) is 1. The maximum Gasteiger partial charge on any atom is 0.407 e. The number of rotatable bonds is 5. The van der Waals surface area contributed by atoms with Crippen molar-refractivity contribution in [1.82, 2.24) is 9.80 Å². The third-order valence-electron chi connectivity index (χ3n) is 6.19. The zero-order chi connectivity index (χ0) is 24.4. The molecule has 1 aromatic heterocycles. The summed E-state index contributed by atoms with van der Waals surface area (Å²) in [6.07, 6.45) is -0.863. The number of hydrogen-bond acceptors (Lipinski definition) is 4. The van der Waals surface area contributed by atoms with Crippen LogP contribution in [0, 0.1) is 0 Å². The van der Waals surface area contributed by atoms with Crippen molar-refractivity contribution < 1.29 is 19.1 Å². The van der Waals surface area contributed by atoms with Crippen molar-refractivity contribution in [2.75, 3.05) is 31.5 Å². The molecule has 3 aromatic carbocycles. The van der Waals surface area contributed by atoms with Crippen molar-refractivity contribution in [2.45, 2.75) is 6.54 Å². The largest absolute Gasteiger partial charge is 0.465 e. The molecule has 7 nitrogen and oxygen atoms in total. The van der Waals surface area contributed by atoms with Crippen molar-refractivity contribution in [1.29, 1.82) is 0 Å². The van der Waals surface area contributed by atoms with E-state index in [4.69, 9.17) is 21.1 Å². The molecule has 8 heteroatoms. The van der Waals surface area contributed by atoms with Gasteiger partial charge in [0.1, 0.15) is 11.3 Å². The third-order valence-corrected chi connectivity index (χ3v) is 6.52. The van der Waals surface area contributed by atoms with Crippen LogP contribution in [0.25, 0.3) is 22.3 Å². The number of anilines is 1. The molecule has 2 N–H and O–H groups in total. The Hall–Kier alpha value is -3.81. The Morgan fingerprint density at radius 2 is 1.69 bits per heavy atom. The van der Waals surface area contributed by atoms with Gasteiger partial charge >= 0.3 is 6.09 Å². The quantitative estimate of drug-likeness (QED) is 0.370. The predicted molar refractivity (Wildman–Crippen MR) is 136 cm³/mol. The summed E-state index contributed by atoms with van der Waals surface area (Å²) in [7, 11) is 0. The summed E-state index contributed by atoms with van der Waals surface area (Å²) in [6, 6.07) is 22.5. The molecule has 1 aliphatic heterocycles. The van der Waals surface area contributed by atoms with Gasteiger partial charge in [0.15, 0.2) is 0 Å². The highest BCUT2D eigenvalue weighted by molar-refractivity contribution is 6.34. The molecule has 2 amide bonds. The van der Waals surface area contributed by atoms with Gasteiger partial charge in [-0.15, -0.1) is 0 Å². The Labute approximate surface area is 207 Å². The molecule has 2 heterocycles. The second kappa shape index (κ2) is 9.82. The molecule has 4 aromatic rings. The van der Waals surface area contributed by atoms with E-state index in [0.29, 0.717) is 48.2 Å². The number of piperazine rings is 1. The predicted octanol–water partition coefficient (Wildman–Crippen LogP) is 5.80. The number of benzene rings is 3. The second-order valence-electron chi connectivity index (χ2n) is 8.51. The minimum atomic E-state index is -0.863.